The van der Waals surface area contributed by atoms with Gasteiger partial charge in [-0.15, -0.1) is 0 Å². The predicted octanol–water partition coefficient (Wildman–Crippen LogP) is -0.0715. The van der Waals surface area contributed by atoms with E-state index >= 15 is 0 Å². The maximum absolute atomic E-state index is 12.3. The molecule has 1 aromatic heterocycles. The Bertz CT molecular complexity index is 506. The summed E-state index contributed by atoms with van der Waals surface area (Å²) in [6.07, 6.45) is 5.73. The normalized spacial score (nSPS) is 23.6. The topological polar surface area (TPSA) is 67.2 Å². The van der Waals surface area contributed by atoms with Gasteiger partial charge in [0.25, 0.3) is 0 Å². The van der Waals surface area contributed by atoms with Crippen molar-refractivity contribution in [2.24, 2.45) is 5.92 Å². The van der Waals surface area contributed by atoms with E-state index in [1.807, 2.05) is 17.7 Å². The average Bonchev–Trinajstić information content (AvgIpc) is 3.14. The van der Waals surface area contributed by atoms with Crippen LogP contribution in [0.1, 0.15) is 18.7 Å². The van der Waals surface area contributed by atoms with Gasteiger partial charge in [-0.2, -0.15) is 0 Å². The van der Waals surface area contributed by atoms with Gasteiger partial charge in [0.2, 0.25) is 11.8 Å². The van der Waals surface area contributed by atoms with Crippen LogP contribution in [0.15, 0.2) is 12.4 Å². The lowest BCUT2D eigenvalue weighted by molar-refractivity contribution is -0.145. The Morgan fingerprint density at radius 1 is 1.37 bits per heavy atom. The lowest BCUT2D eigenvalue weighted by Crippen LogP contribution is -2.59. The molecule has 1 unspecified atom stereocenters. The molecule has 0 radical (unpaired) electrons. The van der Waals surface area contributed by atoms with E-state index in [4.69, 9.17) is 0 Å². The molecule has 19 heavy (non-hydrogen) atoms. The third-order valence-corrected chi connectivity index (χ3v) is 3.86. The standard InChI is InChI=1S/C13H18N4O2/c1-9-14-4-5-16(9)6-7-17-8-11(18)15-12(13(17)19)10-2-3-10/h4-5,10,12H,2-3,6-8H2,1H3,(H,15,18). The minimum atomic E-state index is -0.287. The summed E-state index contributed by atoms with van der Waals surface area (Å²) >= 11 is 0. The number of imidazole rings is 1. The first-order valence-corrected chi connectivity index (χ1v) is 6.71. The summed E-state index contributed by atoms with van der Waals surface area (Å²) in [5.41, 5.74) is 0. The van der Waals surface area contributed by atoms with Crippen LogP contribution < -0.4 is 5.32 Å². The highest BCUT2D eigenvalue weighted by molar-refractivity contribution is 5.95. The van der Waals surface area contributed by atoms with E-state index in [9.17, 15) is 9.59 Å². The Morgan fingerprint density at radius 2 is 2.16 bits per heavy atom. The maximum atomic E-state index is 12.3. The van der Waals surface area contributed by atoms with Crippen LogP contribution in [0.5, 0.6) is 0 Å². The van der Waals surface area contributed by atoms with Crippen molar-refractivity contribution in [2.75, 3.05) is 13.1 Å². The van der Waals surface area contributed by atoms with Gasteiger partial charge in [0.1, 0.15) is 11.9 Å². The molecule has 2 fully saturated rings. The van der Waals surface area contributed by atoms with E-state index in [0.717, 1.165) is 18.7 Å². The average molecular weight is 262 g/mol. The summed E-state index contributed by atoms with van der Waals surface area (Å²) in [5.74, 6) is 1.31. The fourth-order valence-corrected chi connectivity index (χ4v) is 2.54. The minimum absolute atomic E-state index is 0.0427. The molecule has 3 rings (SSSR count). The number of hydrogen-bond donors (Lipinski definition) is 1. The van der Waals surface area contributed by atoms with Crippen LogP contribution >= 0.6 is 0 Å². The maximum Gasteiger partial charge on any atom is 0.245 e. The monoisotopic (exact) mass is 262 g/mol. The van der Waals surface area contributed by atoms with Gasteiger partial charge in [0, 0.05) is 25.5 Å². The van der Waals surface area contributed by atoms with Crippen LogP contribution in [0.25, 0.3) is 0 Å². The largest absolute Gasteiger partial charge is 0.342 e. The van der Waals surface area contributed by atoms with Gasteiger partial charge >= 0.3 is 0 Å². The first-order valence-electron chi connectivity index (χ1n) is 6.71. The van der Waals surface area contributed by atoms with Crippen LogP contribution in [0.3, 0.4) is 0 Å². The van der Waals surface area contributed by atoms with E-state index in [-0.39, 0.29) is 24.4 Å². The number of carbonyl (C=O) groups is 2. The Hall–Kier alpha value is -1.85. The summed E-state index contributed by atoms with van der Waals surface area (Å²) in [5, 5.41) is 2.81. The van der Waals surface area contributed by atoms with Crippen molar-refractivity contribution >= 4 is 11.8 Å². The van der Waals surface area contributed by atoms with Crippen LogP contribution in [0.4, 0.5) is 0 Å². The second kappa shape index (κ2) is 4.68. The molecule has 0 spiro atoms. The van der Waals surface area contributed by atoms with Gasteiger partial charge in [-0.25, -0.2) is 4.98 Å². The minimum Gasteiger partial charge on any atom is -0.342 e. The zero-order valence-corrected chi connectivity index (χ0v) is 11.0. The molecule has 1 aliphatic carbocycles. The number of aryl methyl sites for hydroxylation is 1. The number of amides is 2. The van der Waals surface area contributed by atoms with E-state index < -0.39 is 0 Å². The van der Waals surface area contributed by atoms with Gasteiger partial charge in [0.15, 0.2) is 0 Å². The van der Waals surface area contributed by atoms with Crippen molar-refractivity contribution in [2.45, 2.75) is 32.4 Å². The molecule has 0 bridgehead atoms. The van der Waals surface area contributed by atoms with Crippen LogP contribution in [0.2, 0.25) is 0 Å². The van der Waals surface area contributed by atoms with Gasteiger partial charge < -0.3 is 14.8 Å². The van der Waals surface area contributed by atoms with Crippen molar-refractivity contribution in [1.82, 2.24) is 19.8 Å². The summed E-state index contributed by atoms with van der Waals surface area (Å²) in [7, 11) is 0. The SMILES string of the molecule is Cc1nccn1CCN1CC(=O)NC(C2CC2)C1=O. The van der Waals surface area contributed by atoms with Crippen molar-refractivity contribution in [3.8, 4) is 0 Å². The third-order valence-electron chi connectivity index (χ3n) is 3.86. The number of rotatable bonds is 4. The number of carbonyl (C=O) groups excluding carboxylic acids is 2. The van der Waals surface area contributed by atoms with E-state index in [0.29, 0.717) is 19.0 Å². The number of aromatic nitrogens is 2. The summed E-state index contributed by atoms with van der Waals surface area (Å²) in [6, 6.07) is -0.287. The zero-order chi connectivity index (χ0) is 13.4. The summed E-state index contributed by atoms with van der Waals surface area (Å²) < 4.78 is 1.99. The zero-order valence-electron chi connectivity index (χ0n) is 11.0. The molecule has 1 N–H and O–H groups in total. The van der Waals surface area contributed by atoms with E-state index in [1.165, 1.54) is 0 Å². The molecular formula is C13H18N4O2. The van der Waals surface area contributed by atoms with Crippen LogP contribution in [0, 0.1) is 12.8 Å². The van der Waals surface area contributed by atoms with Gasteiger partial charge in [-0.1, -0.05) is 0 Å². The van der Waals surface area contributed by atoms with Crippen LogP contribution in [-0.2, 0) is 16.1 Å². The molecular weight excluding hydrogens is 244 g/mol. The van der Waals surface area contributed by atoms with Gasteiger partial charge in [0.05, 0.1) is 6.54 Å². The Morgan fingerprint density at radius 3 is 2.79 bits per heavy atom. The number of nitrogens with one attached hydrogen (secondary N) is 1. The van der Waals surface area contributed by atoms with Gasteiger partial charge in [-0.3, -0.25) is 9.59 Å². The highest BCUT2D eigenvalue weighted by Gasteiger charge is 2.42. The molecule has 2 heterocycles. The highest BCUT2D eigenvalue weighted by Crippen LogP contribution is 2.34. The fourth-order valence-electron chi connectivity index (χ4n) is 2.54. The molecule has 1 atom stereocenters. The lowest BCUT2D eigenvalue weighted by Gasteiger charge is -2.32. The Balaban J connectivity index is 1.64. The number of piperazine rings is 1. The summed E-state index contributed by atoms with van der Waals surface area (Å²) in [4.78, 5) is 29.8. The molecule has 6 nitrogen and oxygen atoms in total. The van der Waals surface area contributed by atoms with Crippen LogP contribution in [-0.4, -0.2) is 45.4 Å². The number of hydrogen-bond acceptors (Lipinski definition) is 3. The molecule has 1 saturated heterocycles. The molecule has 102 valence electrons. The van der Waals surface area contributed by atoms with E-state index in [1.54, 1.807) is 11.1 Å². The molecule has 2 amide bonds. The molecule has 1 saturated carbocycles. The molecule has 1 aliphatic heterocycles. The Labute approximate surface area is 111 Å². The smallest absolute Gasteiger partial charge is 0.245 e. The first-order chi connectivity index (χ1) is 9.15. The second-order valence-electron chi connectivity index (χ2n) is 5.31. The number of nitrogens with zero attached hydrogens (tertiary/aromatic N) is 3. The second-order valence-corrected chi connectivity index (χ2v) is 5.31. The highest BCUT2D eigenvalue weighted by atomic mass is 16.2. The molecule has 1 aromatic rings. The van der Waals surface area contributed by atoms with Crippen molar-refractivity contribution in [3.63, 3.8) is 0 Å². The third kappa shape index (κ3) is 2.47. The van der Waals surface area contributed by atoms with Gasteiger partial charge in [-0.05, 0) is 25.7 Å². The van der Waals surface area contributed by atoms with Crippen molar-refractivity contribution < 1.29 is 9.59 Å². The molecule has 2 aliphatic rings. The summed E-state index contributed by atoms with van der Waals surface area (Å²) in [6.45, 7) is 3.35. The molecule has 6 heteroatoms. The quantitative estimate of drug-likeness (QED) is 0.826. The lowest BCUT2D eigenvalue weighted by atomic mass is 10.1. The fraction of sp³-hybridized carbons (Fsp3) is 0.615. The van der Waals surface area contributed by atoms with Crippen molar-refractivity contribution in [3.05, 3.63) is 18.2 Å². The predicted molar refractivity (Wildman–Crippen MR) is 68.2 cm³/mol. The first kappa shape index (κ1) is 12.2. The van der Waals surface area contributed by atoms with E-state index in [2.05, 4.69) is 10.3 Å². The van der Waals surface area contributed by atoms with Crippen molar-refractivity contribution in [1.29, 1.82) is 0 Å². The Kier molecular flexibility index (Phi) is 3.00. The molecule has 0 aromatic carbocycles.